The second-order valence-corrected chi connectivity index (χ2v) is 10.5. The smallest absolute Gasteiger partial charge is 0.230 e. The Balaban J connectivity index is 0.000000235. The van der Waals surface area contributed by atoms with E-state index in [-0.39, 0.29) is 17.4 Å². The van der Waals surface area contributed by atoms with E-state index in [1.54, 1.807) is 0 Å². The predicted octanol–water partition coefficient (Wildman–Crippen LogP) is 2.59. The van der Waals surface area contributed by atoms with Gasteiger partial charge in [0.25, 0.3) is 0 Å². The lowest BCUT2D eigenvalue weighted by molar-refractivity contribution is -0.122. The van der Waals surface area contributed by atoms with Gasteiger partial charge in [-0.25, -0.2) is 0 Å². The monoisotopic (exact) mass is 466 g/mol. The van der Waals surface area contributed by atoms with Crippen molar-refractivity contribution in [3.63, 3.8) is 0 Å². The SMILES string of the molecule is CC(C)(C)NC(=O)CSC1=NCCN1.O=C(CCCC1=NCCN1)NC1CCCCCC1. The van der Waals surface area contributed by atoms with Crippen molar-refractivity contribution in [2.75, 3.05) is 31.9 Å². The van der Waals surface area contributed by atoms with Gasteiger partial charge in [0, 0.05) is 37.5 Å². The van der Waals surface area contributed by atoms with Crippen LogP contribution in [0, 0.1) is 0 Å². The molecule has 0 aromatic carbocycles. The van der Waals surface area contributed by atoms with Crippen LogP contribution in [-0.2, 0) is 9.59 Å². The maximum Gasteiger partial charge on any atom is 0.230 e. The summed E-state index contributed by atoms with van der Waals surface area (Å²) >= 11 is 1.46. The summed E-state index contributed by atoms with van der Waals surface area (Å²) < 4.78 is 0. The van der Waals surface area contributed by atoms with Crippen molar-refractivity contribution >= 4 is 34.6 Å². The molecule has 0 aromatic rings. The summed E-state index contributed by atoms with van der Waals surface area (Å²) in [5.41, 5.74) is -0.150. The first-order valence-corrected chi connectivity index (χ1v) is 13.1. The highest BCUT2D eigenvalue weighted by atomic mass is 32.2. The molecule has 1 saturated carbocycles. The molecule has 8 nitrogen and oxygen atoms in total. The van der Waals surface area contributed by atoms with Crippen LogP contribution in [0.3, 0.4) is 0 Å². The first kappa shape index (κ1) is 26.5. The summed E-state index contributed by atoms with van der Waals surface area (Å²) in [6.07, 6.45) is 9.99. The number of rotatable bonds is 7. The first-order chi connectivity index (χ1) is 15.3. The molecule has 9 heteroatoms. The minimum atomic E-state index is -0.150. The Morgan fingerprint density at radius 1 is 1.00 bits per heavy atom. The molecule has 1 aliphatic carbocycles. The molecule has 2 amide bonds. The average Bonchev–Trinajstić information content (AvgIpc) is 3.37. The van der Waals surface area contributed by atoms with Crippen molar-refractivity contribution in [2.24, 2.45) is 9.98 Å². The van der Waals surface area contributed by atoms with Crippen LogP contribution in [-0.4, -0.2) is 66.3 Å². The third-order valence-corrected chi connectivity index (χ3v) is 6.23. The van der Waals surface area contributed by atoms with E-state index < -0.39 is 0 Å². The van der Waals surface area contributed by atoms with Crippen LogP contribution in [0.1, 0.15) is 78.6 Å². The van der Waals surface area contributed by atoms with Crippen LogP contribution < -0.4 is 21.3 Å². The molecule has 182 valence electrons. The van der Waals surface area contributed by atoms with Crippen molar-refractivity contribution < 1.29 is 9.59 Å². The number of carbonyl (C=O) groups excluding carboxylic acids is 2. The maximum atomic E-state index is 11.8. The van der Waals surface area contributed by atoms with Gasteiger partial charge in [-0.15, -0.1) is 0 Å². The number of amidine groups is 2. The van der Waals surface area contributed by atoms with E-state index in [2.05, 4.69) is 31.3 Å². The number of aliphatic imine (C=N–C) groups is 2. The van der Waals surface area contributed by atoms with Crippen LogP contribution in [0.4, 0.5) is 0 Å². The average molecular weight is 467 g/mol. The molecule has 1 fully saturated rings. The number of nitrogens with one attached hydrogen (secondary N) is 4. The molecule has 3 aliphatic rings. The number of amides is 2. The minimum absolute atomic E-state index is 0.0545. The summed E-state index contributed by atoms with van der Waals surface area (Å²) in [5, 5.41) is 13.3. The highest BCUT2D eigenvalue weighted by Gasteiger charge is 2.16. The first-order valence-electron chi connectivity index (χ1n) is 12.1. The molecule has 0 atom stereocenters. The zero-order valence-electron chi connectivity index (χ0n) is 20.1. The fourth-order valence-corrected chi connectivity index (χ4v) is 4.54. The van der Waals surface area contributed by atoms with Gasteiger partial charge in [0.05, 0.1) is 24.7 Å². The van der Waals surface area contributed by atoms with E-state index in [0.717, 1.165) is 50.0 Å². The van der Waals surface area contributed by atoms with Crippen LogP contribution in [0.15, 0.2) is 9.98 Å². The number of carbonyl (C=O) groups is 2. The maximum absolute atomic E-state index is 11.8. The highest BCUT2D eigenvalue weighted by molar-refractivity contribution is 8.14. The van der Waals surface area contributed by atoms with Gasteiger partial charge in [-0.1, -0.05) is 37.4 Å². The van der Waals surface area contributed by atoms with Crippen molar-refractivity contribution in [2.45, 2.75) is 90.1 Å². The fraction of sp³-hybridized carbons (Fsp3) is 0.826. The molecule has 0 saturated heterocycles. The number of nitrogens with zero attached hydrogens (tertiary/aromatic N) is 2. The summed E-state index contributed by atoms with van der Waals surface area (Å²) in [6, 6.07) is 0.432. The Morgan fingerprint density at radius 3 is 2.28 bits per heavy atom. The summed E-state index contributed by atoms with van der Waals surface area (Å²) in [4.78, 5) is 31.8. The highest BCUT2D eigenvalue weighted by Crippen LogP contribution is 2.17. The Labute approximate surface area is 197 Å². The Hall–Kier alpha value is -1.77. The lowest BCUT2D eigenvalue weighted by Crippen LogP contribution is -2.41. The van der Waals surface area contributed by atoms with Gasteiger partial charge < -0.3 is 21.3 Å². The minimum Gasteiger partial charge on any atom is -0.372 e. The lowest BCUT2D eigenvalue weighted by atomic mass is 10.1. The molecule has 0 bridgehead atoms. The summed E-state index contributed by atoms with van der Waals surface area (Å²) in [5.74, 6) is 1.79. The van der Waals surface area contributed by atoms with E-state index >= 15 is 0 Å². The number of hydrogen-bond donors (Lipinski definition) is 4. The second-order valence-electron chi connectivity index (χ2n) is 9.57. The van der Waals surface area contributed by atoms with E-state index in [0.29, 0.717) is 18.2 Å². The normalized spacial score (nSPS) is 18.8. The molecule has 2 heterocycles. The van der Waals surface area contributed by atoms with E-state index in [9.17, 15) is 9.59 Å². The third kappa shape index (κ3) is 12.3. The van der Waals surface area contributed by atoms with E-state index in [1.807, 2.05) is 20.8 Å². The fourth-order valence-electron chi connectivity index (χ4n) is 3.82. The molecular weight excluding hydrogens is 424 g/mol. The predicted molar refractivity (Wildman–Crippen MR) is 134 cm³/mol. The van der Waals surface area contributed by atoms with Crippen LogP contribution in [0.2, 0.25) is 0 Å². The molecule has 0 unspecified atom stereocenters. The molecule has 0 spiro atoms. The molecule has 32 heavy (non-hydrogen) atoms. The van der Waals surface area contributed by atoms with E-state index in [4.69, 9.17) is 0 Å². The van der Waals surface area contributed by atoms with Crippen LogP contribution in [0.25, 0.3) is 0 Å². The number of hydrogen-bond acceptors (Lipinski definition) is 7. The Bertz CT molecular complexity index is 651. The Kier molecular flexibility index (Phi) is 11.9. The van der Waals surface area contributed by atoms with Crippen LogP contribution >= 0.6 is 11.8 Å². The van der Waals surface area contributed by atoms with Gasteiger partial charge in [-0.3, -0.25) is 19.6 Å². The standard InChI is InChI=1S/C14H25N3O.C9H17N3OS/c18-14(9-5-8-13-15-10-11-16-13)17-12-6-3-1-2-4-7-12;1-9(2,3)12-7(13)6-14-8-10-4-5-11-8/h12H,1-11H2,(H,15,16)(H,17,18);4-6H2,1-3H3,(H,10,11)(H,12,13). The molecule has 0 aromatic heterocycles. The van der Waals surface area contributed by atoms with Crippen molar-refractivity contribution in [3.8, 4) is 0 Å². The molecular formula is C23H42N6O2S. The van der Waals surface area contributed by atoms with Gasteiger partial charge in [-0.2, -0.15) is 0 Å². The molecule has 0 radical (unpaired) electrons. The summed E-state index contributed by atoms with van der Waals surface area (Å²) in [6.45, 7) is 9.49. The van der Waals surface area contributed by atoms with Crippen LogP contribution in [0.5, 0.6) is 0 Å². The molecule has 2 aliphatic heterocycles. The lowest BCUT2D eigenvalue weighted by Gasteiger charge is -2.20. The van der Waals surface area contributed by atoms with Gasteiger partial charge >= 0.3 is 0 Å². The molecule has 3 rings (SSSR count). The Morgan fingerprint density at radius 2 is 1.69 bits per heavy atom. The van der Waals surface area contributed by atoms with Gasteiger partial charge in [0.2, 0.25) is 11.8 Å². The third-order valence-electron chi connectivity index (χ3n) is 5.28. The van der Waals surface area contributed by atoms with Gasteiger partial charge in [0.1, 0.15) is 0 Å². The largest absolute Gasteiger partial charge is 0.372 e. The zero-order valence-corrected chi connectivity index (χ0v) is 20.9. The van der Waals surface area contributed by atoms with Crippen molar-refractivity contribution in [3.05, 3.63) is 0 Å². The van der Waals surface area contributed by atoms with Crippen molar-refractivity contribution in [1.82, 2.24) is 21.3 Å². The summed E-state index contributed by atoms with van der Waals surface area (Å²) in [7, 11) is 0. The quantitative estimate of drug-likeness (QED) is 0.432. The zero-order chi connectivity index (χ0) is 23.2. The number of thioether (sulfide) groups is 1. The second kappa shape index (κ2) is 14.4. The van der Waals surface area contributed by atoms with Crippen molar-refractivity contribution in [1.29, 1.82) is 0 Å². The molecule has 4 N–H and O–H groups in total. The van der Waals surface area contributed by atoms with Gasteiger partial charge in [-0.05, 0) is 40.0 Å². The topological polar surface area (TPSA) is 107 Å². The van der Waals surface area contributed by atoms with E-state index in [1.165, 1.54) is 50.3 Å². The van der Waals surface area contributed by atoms with Gasteiger partial charge in [0.15, 0.2) is 5.17 Å².